The summed E-state index contributed by atoms with van der Waals surface area (Å²) in [7, 11) is 0. The Bertz CT molecular complexity index is 772. The Hall–Kier alpha value is -2.98. The molecule has 0 aromatic heterocycles. The van der Waals surface area contributed by atoms with Crippen molar-refractivity contribution in [3.05, 3.63) is 58.1 Å². The fourth-order valence-electron chi connectivity index (χ4n) is 1.87. The molecule has 0 fully saturated rings. The van der Waals surface area contributed by atoms with Crippen molar-refractivity contribution in [1.29, 1.82) is 0 Å². The van der Waals surface area contributed by atoms with Crippen molar-refractivity contribution >= 4 is 17.1 Å². The minimum absolute atomic E-state index is 0.0388. The minimum Gasteiger partial charge on any atom is -0.406 e. The molecule has 0 heterocycles. The SMILES string of the molecule is O=[N+]([O-])c1ccc(C(F)(F)F)cc1Nc1ccc(OC(F)(F)F)cc1. The molecule has 0 aliphatic heterocycles. The molecule has 0 aliphatic rings. The lowest BCUT2D eigenvalue weighted by molar-refractivity contribution is -0.384. The summed E-state index contributed by atoms with van der Waals surface area (Å²) in [6, 6.07) is 5.76. The molecule has 2 rings (SSSR count). The summed E-state index contributed by atoms with van der Waals surface area (Å²) in [5.74, 6) is -0.545. The Kier molecular flexibility index (Phi) is 4.77. The Morgan fingerprint density at radius 2 is 1.56 bits per heavy atom. The second-order valence-corrected chi connectivity index (χ2v) is 4.68. The average Bonchev–Trinajstić information content (AvgIpc) is 2.46. The number of nitrogens with zero attached hydrogens (tertiary/aromatic N) is 1. The zero-order chi connectivity index (χ0) is 18.8. The normalized spacial score (nSPS) is 11.9. The molecule has 0 radical (unpaired) electrons. The van der Waals surface area contributed by atoms with Crippen LogP contribution in [0.2, 0.25) is 0 Å². The largest absolute Gasteiger partial charge is 0.573 e. The molecule has 0 amide bonds. The van der Waals surface area contributed by atoms with E-state index in [1.165, 1.54) is 0 Å². The number of nitro groups is 1. The van der Waals surface area contributed by atoms with Crippen LogP contribution in [0.1, 0.15) is 5.56 Å². The lowest BCUT2D eigenvalue weighted by Gasteiger charge is -2.12. The van der Waals surface area contributed by atoms with Gasteiger partial charge in [-0.15, -0.1) is 13.2 Å². The highest BCUT2D eigenvalue weighted by atomic mass is 19.4. The van der Waals surface area contributed by atoms with Crippen LogP contribution in [-0.4, -0.2) is 11.3 Å². The topological polar surface area (TPSA) is 64.4 Å². The van der Waals surface area contributed by atoms with Crippen molar-refractivity contribution < 1.29 is 36.0 Å². The number of benzene rings is 2. The van der Waals surface area contributed by atoms with E-state index in [1.807, 2.05) is 0 Å². The van der Waals surface area contributed by atoms with E-state index in [1.54, 1.807) is 0 Å². The fourth-order valence-corrected chi connectivity index (χ4v) is 1.87. The van der Waals surface area contributed by atoms with Crippen molar-refractivity contribution in [2.75, 3.05) is 5.32 Å². The number of nitro benzene ring substituents is 1. The Morgan fingerprint density at radius 3 is 2.04 bits per heavy atom. The van der Waals surface area contributed by atoms with Crippen LogP contribution >= 0.6 is 0 Å². The second kappa shape index (κ2) is 6.49. The molecule has 0 bridgehead atoms. The van der Waals surface area contributed by atoms with E-state index in [4.69, 9.17) is 0 Å². The maximum atomic E-state index is 12.7. The van der Waals surface area contributed by atoms with Crippen LogP contribution in [0, 0.1) is 10.1 Å². The van der Waals surface area contributed by atoms with Crippen LogP contribution in [0.15, 0.2) is 42.5 Å². The Morgan fingerprint density at radius 1 is 0.960 bits per heavy atom. The third kappa shape index (κ3) is 4.99. The molecule has 1 N–H and O–H groups in total. The van der Waals surface area contributed by atoms with Crippen LogP contribution in [0.25, 0.3) is 0 Å². The van der Waals surface area contributed by atoms with E-state index in [0.717, 1.165) is 24.3 Å². The van der Waals surface area contributed by atoms with Crippen molar-refractivity contribution in [1.82, 2.24) is 0 Å². The van der Waals surface area contributed by atoms with Gasteiger partial charge >= 0.3 is 12.5 Å². The molecule has 5 nitrogen and oxygen atoms in total. The smallest absolute Gasteiger partial charge is 0.406 e. The van der Waals surface area contributed by atoms with Gasteiger partial charge in [0, 0.05) is 11.8 Å². The molecule has 11 heteroatoms. The molecule has 25 heavy (non-hydrogen) atoms. The highest BCUT2D eigenvalue weighted by molar-refractivity contribution is 5.70. The van der Waals surface area contributed by atoms with Gasteiger partial charge < -0.3 is 10.1 Å². The lowest BCUT2D eigenvalue weighted by atomic mass is 10.1. The molecular formula is C14H8F6N2O3. The monoisotopic (exact) mass is 366 g/mol. The summed E-state index contributed by atoms with van der Waals surface area (Å²) < 4.78 is 78.0. The maximum absolute atomic E-state index is 12.7. The second-order valence-electron chi connectivity index (χ2n) is 4.68. The lowest BCUT2D eigenvalue weighted by Crippen LogP contribution is -2.16. The molecule has 0 atom stereocenters. The van der Waals surface area contributed by atoms with Gasteiger partial charge in [-0.25, -0.2) is 0 Å². The summed E-state index contributed by atoms with van der Waals surface area (Å²) in [6.07, 6.45) is -9.61. The van der Waals surface area contributed by atoms with E-state index in [9.17, 15) is 36.5 Å². The first-order valence-corrected chi connectivity index (χ1v) is 6.44. The number of hydrogen-bond acceptors (Lipinski definition) is 4. The van der Waals surface area contributed by atoms with E-state index in [-0.39, 0.29) is 5.69 Å². The van der Waals surface area contributed by atoms with Crippen LogP contribution in [0.3, 0.4) is 0 Å². The van der Waals surface area contributed by atoms with Gasteiger partial charge in [0.1, 0.15) is 11.4 Å². The van der Waals surface area contributed by atoms with Gasteiger partial charge in [0.15, 0.2) is 0 Å². The number of hydrogen-bond donors (Lipinski definition) is 1. The number of nitrogens with one attached hydrogen (secondary N) is 1. The van der Waals surface area contributed by atoms with Gasteiger partial charge in [-0.3, -0.25) is 10.1 Å². The van der Waals surface area contributed by atoms with E-state index >= 15 is 0 Å². The van der Waals surface area contributed by atoms with Gasteiger partial charge in [0.2, 0.25) is 0 Å². The fraction of sp³-hybridized carbons (Fsp3) is 0.143. The van der Waals surface area contributed by atoms with Gasteiger partial charge in [-0.2, -0.15) is 13.2 Å². The molecule has 0 unspecified atom stereocenters. The third-order valence-corrected chi connectivity index (χ3v) is 2.89. The average molecular weight is 366 g/mol. The molecule has 0 saturated carbocycles. The predicted molar refractivity (Wildman–Crippen MR) is 74.5 cm³/mol. The van der Waals surface area contributed by atoms with Crippen LogP contribution in [-0.2, 0) is 6.18 Å². The first-order valence-electron chi connectivity index (χ1n) is 6.44. The number of rotatable bonds is 4. The molecule has 2 aromatic rings. The van der Waals surface area contributed by atoms with Crippen LogP contribution in [0.4, 0.5) is 43.4 Å². The van der Waals surface area contributed by atoms with E-state index in [0.29, 0.717) is 18.2 Å². The highest BCUT2D eigenvalue weighted by Gasteiger charge is 2.33. The summed E-state index contributed by atoms with van der Waals surface area (Å²) in [5, 5.41) is 13.3. The van der Waals surface area contributed by atoms with Crippen LogP contribution < -0.4 is 10.1 Å². The summed E-state index contributed by atoms with van der Waals surface area (Å²) in [5.41, 5.74) is -2.15. The van der Waals surface area contributed by atoms with Crippen molar-refractivity contribution in [3.8, 4) is 5.75 Å². The Balaban J connectivity index is 2.30. The molecule has 2 aromatic carbocycles. The number of anilines is 2. The number of halogens is 6. The molecule has 0 saturated heterocycles. The van der Waals surface area contributed by atoms with Gasteiger partial charge in [-0.1, -0.05) is 0 Å². The van der Waals surface area contributed by atoms with Gasteiger partial charge in [0.05, 0.1) is 10.5 Å². The first-order chi connectivity index (χ1) is 11.5. The summed E-state index contributed by atoms with van der Waals surface area (Å²) in [6.45, 7) is 0. The van der Waals surface area contributed by atoms with Crippen molar-refractivity contribution in [3.63, 3.8) is 0 Å². The molecular weight excluding hydrogens is 358 g/mol. The zero-order valence-electron chi connectivity index (χ0n) is 12.0. The quantitative estimate of drug-likeness (QED) is 0.456. The van der Waals surface area contributed by atoms with Crippen LogP contribution in [0.5, 0.6) is 5.75 Å². The number of ether oxygens (including phenoxy) is 1. The summed E-state index contributed by atoms with van der Waals surface area (Å²) >= 11 is 0. The predicted octanol–water partition coefficient (Wildman–Crippen LogP) is 5.26. The maximum Gasteiger partial charge on any atom is 0.573 e. The molecule has 0 spiro atoms. The summed E-state index contributed by atoms with van der Waals surface area (Å²) in [4.78, 5) is 10.0. The van der Waals surface area contributed by atoms with Gasteiger partial charge in [-0.05, 0) is 36.4 Å². The minimum atomic E-state index is -4.89. The molecule has 0 aliphatic carbocycles. The van der Waals surface area contributed by atoms with Gasteiger partial charge in [0.25, 0.3) is 5.69 Å². The van der Waals surface area contributed by atoms with Crippen molar-refractivity contribution in [2.24, 2.45) is 0 Å². The Labute approximate surface area is 136 Å². The van der Waals surface area contributed by atoms with E-state index < -0.39 is 40.1 Å². The highest BCUT2D eigenvalue weighted by Crippen LogP contribution is 2.36. The third-order valence-electron chi connectivity index (χ3n) is 2.89. The zero-order valence-corrected chi connectivity index (χ0v) is 12.0. The molecule has 134 valence electrons. The number of alkyl halides is 6. The van der Waals surface area contributed by atoms with E-state index in [2.05, 4.69) is 10.1 Å². The first kappa shape index (κ1) is 18.4. The van der Waals surface area contributed by atoms with Crippen molar-refractivity contribution in [2.45, 2.75) is 12.5 Å². The standard InChI is InChI=1S/C14H8F6N2O3/c15-13(16,17)8-1-6-12(22(23)24)11(7-8)21-9-2-4-10(5-3-9)25-14(18,19)20/h1-7,21H.